The fourth-order valence-corrected chi connectivity index (χ4v) is 1.15. The van der Waals surface area contributed by atoms with Crippen molar-refractivity contribution in [3.8, 4) is 0 Å². The average Bonchev–Trinajstić information content (AvgIpc) is 2.26. The molecule has 0 heterocycles. The molecule has 0 unspecified atom stereocenters. The fraction of sp³-hybridized carbons (Fsp3) is 0.500. The van der Waals surface area contributed by atoms with Gasteiger partial charge in [-0.2, -0.15) is 14.3 Å². The Labute approximate surface area is 94.6 Å². The standard InChI is InChI=1S/C12H17F2NO/c1-10(2)8-16-15-9-12(13,14)11-6-4-3-5-7-11/h3-7,10,15H,8-9H2,1-2H3. The Morgan fingerprint density at radius 1 is 1.25 bits per heavy atom. The van der Waals surface area contributed by atoms with E-state index in [1.54, 1.807) is 18.2 Å². The van der Waals surface area contributed by atoms with Crippen LogP contribution in [0.25, 0.3) is 0 Å². The largest absolute Gasteiger partial charge is 0.301 e. The van der Waals surface area contributed by atoms with Gasteiger partial charge in [-0.15, -0.1) is 0 Å². The molecule has 0 bridgehead atoms. The second-order valence-corrected chi connectivity index (χ2v) is 4.10. The molecule has 1 aromatic rings. The Bertz CT molecular complexity index is 301. The number of rotatable bonds is 6. The Morgan fingerprint density at radius 2 is 1.88 bits per heavy atom. The first-order valence-electron chi connectivity index (χ1n) is 5.30. The Hall–Kier alpha value is -1.00. The Kier molecular flexibility index (Phi) is 4.83. The van der Waals surface area contributed by atoms with Crippen LogP contribution in [0.4, 0.5) is 8.78 Å². The second-order valence-electron chi connectivity index (χ2n) is 4.10. The van der Waals surface area contributed by atoms with E-state index in [4.69, 9.17) is 4.84 Å². The highest BCUT2D eigenvalue weighted by atomic mass is 19.3. The zero-order chi connectivity index (χ0) is 12.0. The second kappa shape index (κ2) is 5.92. The van der Waals surface area contributed by atoms with E-state index in [9.17, 15) is 8.78 Å². The van der Waals surface area contributed by atoms with Gasteiger partial charge >= 0.3 is 0 Å². The predicted octanol–water partition coefficient (Wildman–Crippen LogP) is 2.96. The van der Waals surface area contributed by atoms with Crippen LogP contribution in [0.1, 0.15) is 19.4 Å². The molecule has 0 aliphatic rings. The van der Waals surface area contributed by atoms with Gasteiger partial charge in [0.15, 0.2) is 0 Å². The first kappa shape index (κ1) is 13.1. The molecule has 4 heteroatoms. The molecule has 16 heavy (non-hydrogen) atoms. The van der Waals surface area contributed by atoms with E-state index in [1.165, 1.54) is 12.1 Å². The van der Waals surface area contributed by atoms with Crippen molar-refractivity contribution in [2.75, 3.05) is 13.2 Å². The molecule has 0 saturated carbocycles. The Balaban J connectivity index is 2.40. The smallest absolute Gasteiger partial charge is 0.287 e. The van der Waals surface area contributed by atoms with Gasteiger partial charge in [0.2, 0.25) is 0 Å². The average molecular weight is 229 g/mol. The van der Waals surface area contributed by atoms with E-state index in [0.29, 0.717) is 12.5 Å². The van der Waals surface area contributed by atoms with Crippen molar-refractivity contribution in [3.05, 3.63) is 35.9 Å². The molecule has 1 aromatic carbocycles. The summed E-state index contributed by atoms with van der Waals surface area (Å²) in [5.74, 6) is -2.59. The van der Waals surface area contributed by atoms with Gasteiger partial charge in [-0.25, -0.2) is 0 Å². The van der Waals surface area contributed by atoms with Crippen molar-refractivity contribution in [1.82, 2.24) is 5.48 Å². The summed E-state index contributed by atoms with van der Waals surface area (Å²) in [6.07, 6.45) is 0. The van der Waals surface area contributed by atoms with Crippen LogP contribution >= 0.6 is 0 Å². The van der Waals surface area contributed by atoms with Crippen LogP contribution in [-0.4, -0.2) is 13.2 Å². The van der Waals surface area contributed by atoms with Gasteiger partial charge in [0, 0.05) is 5.56 Å². The molecule has 0 saturated heterocycles. The van der Waals surface area contributed by atoms with Gasteiger partial charge in [0.25, 0.3) is 5.92 Å². The van der Waals surface area contributed by atoms with Gasteiger partial charge in [-0.1, -0.05) is 44.2 Å². The normalized spacial score (nSPS) is 12.1. The summed E-state index contributed by atoms with van der Waals surface area (Å²) in [7, 11) is 0. The molecule has 2 nitrogen and oxygen atoms in total. The first-order chi connectivity index (χ1) is 7.52. The monoisotopic (exact) mass is 229 g/mol. The van der Waals surface area contributed by atoms with Crippen molar-refractivity contribution in [2.24, 2.45) is 5.92 Å². The van der Waals surface area contributed by atoms with Crippen molar-refractivity contribution in [3.63, 3.8) is 0 Å². The fourth-order valence-electron chi connectivity index (χ4n) is 1.15. The third kappa shape index (κ3) is 4.24. The Morgan fingerprint density at radius 3 is 2.44 bits per heavy atom. The zero-order valence-corrected chi connectivity index (χ0v) is 9.54. The lowest BCUT2D eigenvalue weighted by Gasteiger charge is -2.17. The minimum atomic E-state index is -2.90. The number of alkyl halides is 2. The predicted molar refractivity (Wildman–Crippen MR) is 59.1 cm³/mol. The van der Waals surface area contributed by atoms with Crippen LogP contribution < -0.4 is 5.48 Å². The van der Waals surface area contributed by atoms with E-state index in [2.05, 4.69) is 5.48 Å². The lowest BCUT2D eigenvalue weighted by molar-refractivity contribution is -0.0656. The maximum absolute atomic E-state index is 13.5. The zero-order valence-electron chi connectivity index (χ0n) is 9.54. The van der Waals surface area contributed by atoms with Crippen molar-refractivity contribution in [2.45, 2.75) is 19.8 Å². The number of hydroxylamine groups is 1. The molecular weight excluding hydrogens is 212 g/mol. The number of hydrogen-bond donors (Lipinski definition) is 1. The molecular formula is C12H17F2NO. The highest BCUT2D eigenvalue weighted by Gasteiger charge is 2.30. The molecule has 1 N–H and O–H groups in total. The van der Waals surface area contributed by atoms with Crippen LogP contribution in [0.2, 0.25) is 0 Å². The molecule has 0 amide bonds. The molecule has 90 valence electrons. The number of hydrogen-bond acceptors (Lipinski definition) is 2. The van der Waals surface area contributed by atoms with Crippen LogP contribution in [0.15, 0.2) is 30.3 Å². The van der Waals surface area contributed by atoms with Gasteiger partial charge in [-0.3, -0.25) is 0 Å². The van der Waals surface area contributed by atoms with Crippen LogP contribution in [0, 0.1) is 5.92 Å². The van der Waals surface area contributed by atoms with E-state index in [0.717, 1.165) is 0 Å². The lowest BCUT2D eigenvalue weighted by atomic mass is 10.1. The molecule has 0 atom stereocenters. The maximum atomic E-state index is 13.5. The third-order valence-electron chi connectivity index (χ3n) is 2.01. The lowest BCUT2D eigenvalue weighted by Crippen LogP contribution is -2.31. The van der Waals surface area contributed by atoms with Gasteiger partial charge in [-0.05, 0) is 5.92 Å². The maximum Gasteiger partial charge on any atom is 0.287 e. The quantitative estimate of drug-likeness (QED) is 0.598. The summed E-state index contributed by atoms with van der Waals surface area (Å²) >= 11 is 0. The van der Waals surface area contributed by atoms with Crippen LogP contribution in [-0.2, 0) is 10.8 Å². The number of benzene rings is 1. The minimum absolute atomic E-state index is 0.00403. The number of nitrogens with one attached hydrogen (secondary N) is 1. The van der Waals surface area contributed by atoms with Gasteiger partial charge < -0.3 is 4.84 Å². The molecule has 0 aromatic heterocycles. The highest BCUT2D eigenvalue weighted by Crippen LogP contribution is 2.26. The molecule has 1 rings (SSSR count). The summed E-state index contributed by atoms with van der Waals surface area (Å²) < 4.78 is 27.1. The van der Waals surface area contributed by atoms with Gasteiger partial charge in [0.1, 0.15) is 0 Å². The van der Waals surface area contributed by atoms with Crippen LogP contribution in [0.5, 0.6) is 0 Å². The first-order valence-corrected chi connectivity index (χ1v) is 5.30. The van der Waals surface area contributed by atoms with E-state index >= 15 is 0 Å². The topological polar surface area (TPSA) is 21.3 Å². The minimum Gasteiger partial charge on any atom is -0.301 e. The summed E-state index contributed by atoms with van der Waals surface area (Å²) in [6.45, 7) is 3.82. The van der Waals surface area contributed by atoms with Crippen molar-refractivity contribution >= 4 is 0 Å². The third-order valence-corrected chi connectivity index (χ3v) is 2.01. The molecule has 0 aliphatic heterocycles. The van der Waals surface area contributed by atoms with E-state index in [1.807, 2.05) is 13.8 Å². The molecule has 0 radical (unpaired) electrons. The van der Waals surface area contributed by atoms with E-state index < -0.39 is 12.5 Å². The van der Waals surface area contributed by atoms with Crippen molar-refractivity contribution < 1.29 is 13.6 Å². The SMILES string of the molecule is CC(C)CONCC(F)(F)c1ccccc1. The molecule has 0 aliphatic carbocycles. The van der Waals surface area contributed by atoms with Gasteiger partial charge in [0.05, 0.1) is 13.2 Å². The van der Waals surface area contributed by atoms with Crippen molar-refractivity contribution in [1.29, 1.82) is 0 Å². The number of halogens is 2. The summed E-state index contributed by atoms with van der Waals surface area (Å²) in [5, 5.41) is 0. The molecule has 0 spiro atoms. The van der Waals surface area contributed by atoms with E-state index in [-0.39, 0.29) is 5.56 Å². The summed E-state index contributed by atoms with van der Waals surface area (Å²) in [5.41, 5.74) is 2.30. The molecule has 0 fully saturated rings. The highest BCUT2D eigenvalue weighted by molar-refractivity contribution is 5.20. The summed E-state index contributed by atoms with van der Waals surface area (Å²) in [6, 6.07) is 7.72. The summed E-state index contributed by atoms with van der Waals surface area (Å²) in [4.78, 5) is 4.92. The van der Waals surface area contributed by atoms with Crippen LogP contribution in [0.3, 0.4) is 0 Å².